The summed E-state index contributed by atoms with van der Waals surface area (Å²) in [7, 11) is 1.72. The largest absolute Gasteiger partial charge is 0.496 e. The van der Waals surface area contributed by atoms with Crippen LogP contribution >= 0.6 is 15.9 Å². The number of nitrogens with zero attached hydrogens (tertiary/aromatic N) is 1. The van der Waals surface area contributed by atoms with Crippen molar-refractivity contribution in [3.05, 3.63) is 28.2 Å². The molecule has 1 aliphatic heterocycles. The molecular formula is C15H23BrN2O. The lowest BCUT2D eigenvalue weighted by atomic mass is 9.96. The highest BCUT2D eigenvalue weighted by atomic mass is 79.9. The fraction of sp³-hybridized carbons (Fsp3) is 0.600. The van der Waals surface area contributed by atoms with Crippen molar-refractivity contribution in [1.29, 1.82) is 0 Å². The molecule has 2 atom stereocenters. The van der Waals surface area contributed by atoms with Crippen LogP contribution in [0, 0.1) is 0 Å². The molecule has 2 rings (SSSR count). The van der Waals surface area contributed by atoms with Gasteiger partial charge in [0.25, 0.3) is 0 Å². The fourth-order valence-corrected chi connectivity index (χ4v) is 3.37. The molecule has 4 heteroatoms. The molecule has 1 saturated heterocycles. The lowest BCUT2D eigenvalue weighted by Gasteiger charge is -2.39. The SMILES string of the molecule is COc1ccc(Br)cc1C(CN)N1CCCCC1C. The predicted molar refractivity (Wildman–Crippen MR) is 82.5 cm³/mol. The summed E-state index contributed by atoms with van der Waals surface area (Å²) in [6.07, 6.45) is 3.84. The summed E-state index contributed by atoms with van der Waals surface area (Å²) in [5.74, 6) is 0.927. The molecule has 1 heterocycles. The monoisotopic (exact) mass is 326 g/mol. The van der Waals surface area contributed by atoms with Gasteiger partial charge in [0, 0.05) is 22.6 Å². The topological polar surface area (TPSA) is 38.5 Å². The van der Waals surface area contributed by atoms with Crippen LogP contribution in [0.15, 0.2) is 22.7 Å². The van der Waals surface area contributed by atoms with Crippen molar-refractivity contribution in [2.24, 2.45) is 5.73 Å². The van der Waals surface area contributed by atoms with Crippen LogP contribution in [0.3, 0.4) is 0 Å². The van der Waals surface area contributed by atoms with E-state index in [-0.39, 0.29) is 6.04 Å². The molecule has 2 N–H and O–H groups in total. The summed E-state index contributed by atoms with van der Waals surface area (Å²) in [5, 5.41) is 0. The maximum absolute atomic E-state index is 6.06. The molecule has 0 bridgehead atoms. The molecule has 106 valence electrons. The van der Waals surface area contributed by atoms with Crippen LogP contribution in [-0.4, -0.2) is 31.1 Å². The second-order valence-electron chi connectivity index (χ2n) is 5.22. The van der Waals surface area contributed by atoms with E-state index in [0.29, 0.717) is 12.6 Å². The van der Waals surface area contributed by atoms with Gasteiger partial charge in [-0.05, 0) is 44.5 Å². The van der Waals surface area contributed by atoms with Gasteiger partial charge in [0.15, 0.2) is 0 Å². The molecule has 0 radical (unpaired) electrons. The Morgan fingerprint density at radius 3 is 2.89 bits per heavy atom. The Hall–Kier alpha value is -0.580. The van der Waals surface area contributed by atoms with Crippen LogP contribution in [-0.2, 0) is 0 Å². The predicted octanol–water partition coefficient (Wildman–Crippen LogP) is 3.33. The zero-order valence-electron chi connectivity index (χ0n) is 11.7. The third-order valence-electron chi connectivity index (χ3n) is 4.03. The number of nitrogens with two attached hydrogens (primary N) is 1. The Labute approximate surface area is 124 Å². The molecule has 19 heavy (non-hydrogen) atoms. The highest BCUT2D eigenvalue weighted by Gasteiger charge is 2.28. The van der Waals surface area contributed by atoms with E-state index >= 15 is 0 Å². The van der Waals surface area contributed by atoms with Gasteiger partial charge in [-0.25, -0.2) is 0 Å². The van der Waals surface area contributed by atoms with Crippen molar-refractivity contribution in [3.8, 4) is 5.75 Å². The molecule has 0 spiro atoms. The number of halogens is 1. The van der Waals surface area contributed by atoms with Crippen molar-refractivity contribution in [2.75, 3.05) is 20.2 Å². The molecule has 1 aliphatic rings. The Morgan fingerprint density at radius 2 is 2.26 bits per heavy atom. The number of hydrogen-bond donors (Lipinski definition) is 1. The number of benzene rings is 1. The maximum atomic E-state index is 6.06. The summed E-state index contributed by atoms with van der Waals surface area (Å²) in [4.78, 5) is 2.52. The molecular weight excluding hydrogens is 304 g/mol. The average Bonchev–Trinajstić information content (AvgIpc) is 2.42. The minimum atomic E-state index is 0.239. The molecule has 1 aromatic carbocycles. The third-order valence-corrected chi connectivity index (χ3v) is 4.52. The quantitative estimate of drug-likeness (QED) is 0.922. The van der Waals surface area contributed by atoms with Crippen LogP contribution in [0.2, 0.25) is 0 Å². The number of rotatable bonds is 4. The molecule has 3 nitrogen and oxygen atoms in total. The normalized spacial score (nSPS) is 22.2. The average molecular weight is 327 g/mol. The highest BCUT2D eigenvalue weighted by Crippen LogP contribution is 2.34. The van der Waals surface area contributed by atoms with Crippen LogP contribution in [0.5, 0.6) is 5.75 Å². The zero-order valence-corrected chi connectivity index (χ0v) is 13.3. The van der Waals surface area contributed by atoms with Gasteiger partial charge in [-0.15, -0.1) is 0 Å². The van der Waals surface area contributed by atoms with E-state index in [1.54, 1.807) is 7.11 Å². The summed E-state index contributed by atoms with van der Waals surface area (Å²) < 4.78 is 6.58. The van der Waals surface area contributed by atoms with E-state index in [1.165, 1.54) is 24.8 Å². The zero-order chi connectivity index (χ0) is 13.8. The summed E-state index contributed by atoms with van der Waals surface area (Å²) in [5.41, 5.74) is 7.25. The Morgan fingerprint density at radius 1 is 1.47 bits per heavy atom. The van der Waals surface area contributed by atoms with Crippen molar-refractivity contribution in [1.82, 2.24) is 4.90 Å². The van der Waals surface area contributed by atoms with Crippen LogP contribution in [0.25, 0.3) is 0 Å². The summed E-state index contributed by atoms with van der Waals surface area (Å²) >= 11 is 3.55. The van der Waals surface area contributed by atoms with Gasteiger partial charge in [0.2, 0.25) is 0 Å². The first-order valence-electron chi connectivity index (χ1n) is 6.96. The molecule has 0 saturated carbocycles. The summed E-state index contributed by atoms with van der Waals surface area (Å²) in [6.45, 7) is 4.04. The molecule has 0 aromatic heterocycles. The van der Waals surface area contributed by atoms with Gasteiger partial charge in [-0.3, -0.25) is 4.90 Å². The highest BCUT2D eigenvalue weighted by molar-refractivity contribution is 9.10. The van der Waals surface area contributed by atoms with E-state index in [9.17, 15) is 0 Å². The lowest BCUT2D eigenvalue weighted by molar-refractivity contribution is 0.107. The first kappa shape index (κ1) is 14.8. The van der Waals surface area contributed by atoms with E-state index in [2.05, 4.69) is 33.8 Å². The van der Waals surface area contributed by atoms with E-state index in [0.717, 1.165) is 16.8 Å². The van der Waals surface area contributed by atoms with Gasteiger partial charge in [-0.1, -0.05) is 22.4 Å². The first-order chi connectivity index (χ1) is 9.17. The van der Waals surface area contributed by atoms with Crippen molar-refractivity contribution < 1.29 is 4.74 Å². The number of hydrogen-bond acceptors (Lipinski definition) is 3. The smallest absolute Gasteiger partial charge is 0.123 e. The minimum Gasteiger partial charge on any atom is -0.496 e. The molecule has 2 unspecified atom stereocenters. The van der Waals surface area contributed by atoms with Gasteiger partial charge in [-0.2, -0.15) is 0 Å². The van der Waals surface area contributed by atoms with E-state index in [1.807, 2.05) is 12.1 Å². The molecule has 1 aromatic rings. The number of piperidine rings is 1. The van der Waals surface area contributed by atoms with Gasteiger partial charge in [0.05, 0.1) is 13.2 Å². The van der Waals surface area contributed by atoms with Crippen molar-refractivity contribution >= 4 is 15.9 Å². The molecule has 0 amide bonds. The van der Waals surface area contributed by atoms with Crippen LogP contribution < -0.4 is 10.5 Å². The van der Waals surface area contributed by atoms with Gasteiger partial charge in [0.1, 0.15) is 5.75 Å². The maximum Gasteiger partial charge on any atom is 0.123 e. The third kappa shape index (κ3) is 3.30. The lowest BCUT2D eigenvalue weighted by Crippen LogP contribution is -2.43. The number of likely N-dealkylation sites (tertiary alicyclic amines) is 1. The van der Waals surface area contributed by atoms with Crippen molar-refractivity contribution in [3.63, 3.8) is 0 Å². The Balaban J connectivity index is 2.32. The minimum absolute atomic E-state index is 0.239. The first-order valence-corrected chi connectivity index (χ1v) is 7.76. The van der Waals surface area contributed by atoms with Crippen molar-refractivity contribution in [2.45, 2.75) is 38.3 Å². The van der Waals surface area contributed by atoms with Crippen LogP contribution in [0.1, 0.15) is 37.8 Å². The van der Waals surface area contributed by atoms with Gasteiger partial charge >= 0.3 is 0 Å². The molecule has 1 fully saturated rings. The van der Waals surface area contributed by atoms with Gasteiger partial charge < -0.3 is 10.5 Å². The second kappa shape index (κ2) is 6.73. The fourth-order valence-electron chi connectivity index (χ4n) is 2.99. The molecule has 0 aliphatic carbocycles. The number of methoxy groups -OCH3 is 1. The van der Waals surface area contributed by atoms with Crippen LogP contribution in [0.4, 0.5) is 0 Å². The second-order valence-corrected chi connectivity index (χ2v) is 6.14. The van der Waals surface area contributed by atoms with E-state index in [4.69, 9.17) is 10.5 Å². The number of ether oxygens (including phenoxy) is 1. The Kier molecular flexibility index (Phi) is 5.25. The standard InChI is InChI=1S/C15H23BrN2O/c1-11-5-3-4-8-18(11)14(10-17)13-9-12(16)6-7-15(13)19-2/h6-7,9,11,14H,3-5,8,10,17H2,1-2H3. The Bertz CT molecular complexity index is 425. The van der Waals surface area contributed by atoms with E-state index < -0.39 is 0 Å². The summed E-state index contributed by atoms with van der Waals surface area (Å²) in [6, 6.07) is 6.98.